The monoisotopic (exact) mass is 787 g/mol. The molecule has 0 unspecified atom stereocenters. The third-order valence-corrected chi connectivity index (χ3v) is 13.8. The Morgan fingerprint density at radius 1 is 0.448 bits per heavy atom. The largest absolute Gasteiger partial charge is 0.464 e. The summed E-state index contributed by atoms with van der Waals surface area (Å²) >= 11 is 0. The van der Waals surface area contributed by atoms with Crippen LogP contribution in [0, 0.1) is 6.92 Å². The molecular formula is C52H39NO3P2. The molecule has 4 nitrogen and oxygen atoms in total. The lowest BCUT2D eigenvalue weighted by Gasteiger charge is -2.27. The van der Waals surface area contributed by atoms with E-state index in [0.717, 1.165) is 59.5 Å². The third kappa shape index (κ3) is 7.73. The van der Waals surface area contributed by atoms with Crippen LogP contribution in [0.15, 0.2) is 212 Å². The van der Waals surface area contributed by atoms with Gasteiger partial charge >= 0.3 is 0 Å². The number of hydrogen-bond acceptors (Lipinski definition) is 3. The number of nitrogens with one attached hydrogen (secondary N) is 1. The first-order valence-electron chi connectivity index (χ1n) is 19.2. The van der Waals surface area contributed by atoms with Crippen LogP contribution in [0.1, 0.15) is 15.9 Å². The topological polar surface area (TPSA) is 47.6 Å². The summed E-state index contributed by atoms with van der Waals surface area (Å²) in [7, 11) is -2.76. The van der Waals surface area contributed by atoms with Gasteiger partial charge in [-0.05, 0) is 52.7 Å². The first-order chi connectivity index (χ1) is 28.6. The van der Waals surface area contributed by atoms with E-state index >= 15 is 0 Å². The van der Waals surface area contributed by atoms with Crippen molar-refractivity contribution in [2.45, 2.75) is 6.92 Å². The first kappa shape index (κ1) is 37.0. The van der Waals surface area contributed by atoms with Crippen LogP contribution >= 0.6 is 16.3 Å². The lowest BCUT2D eigenvalue weighted by atomic mass is 9.90. The molecule has 0 aromatic heterocycles. The van der Waals surface area contributed by atoms with Crippen molar-refractivity contribution in [2.75, 3.05) is 5.32 Å². The molecule has 9 aromatic rings. The zero-order chi connectivity index (χ0) is 39.3. The molecule has 9 rings (SSSR count). The number of carbonyl (C=O) groups is 1. The van der Waals surface area contributed by atoms with Crippen molar-refractivity contribution >= 4 is 70.7 Å². The molecule has 0 aliphatic heterocycles. The summed E-state index contributed by atoms with van der Waals surface area (Å²) in [4.78, 5) is 14.9. The van der Waals surface area contributed by atoms with Gasteiger partial charge in [-0.3, -0.25) is 4.79 Å². The maximum Gasteiger partial charge on any atom is 0.259 e. The highest BCUT2D eigenvalue weighted by Gasteiger charge is 2.30. The summed E-state index contributed by atoms with van der Waals surface area (Å²) in [5.41, 5.74) is 3.91. The molecule has 280 valence electrons. The average Bonchev–Trinajstić information content (AvgIpc) is 3.29. The summed E-state index contributed by atoms with van der Waals surface area (Å²) < 4.78 is 14.9. The minimum Gasteiger partial charge on any atom is -0.464 e. The van der Waals surface area contributed by atoms with E-state index in [9.17, 15) is 4.79 Å². The lowest BCUT2D eigenvalue weighted by Crippen LogP contribution is -2.19. The standard InChI is InChI=1S/C52H39NO3P2/c1-37-30-33-40(34-31-37)53-52(54)47-36-39-19-15-17-29-46(39)50(51(47)56-58(43-24-10-4-11-25-43)44-26-12-5-13-27-44)49-45-28-16-14-18-38(45)32-35-48(49)55-57(41-20-6-2-7-21-41)42-22-8-3-9-23-42/h2-36H,1H3,(H,53,54). The molecule has 0 saturated carbocycles. The predicted octanol–water partition coefficient (Wildman–Crippen LogP) is 12.1. The summed E-state index contributed by atoms with van der Waals surface area (Å²) in [6.45, 7) is 2.04. The Morgan fingerprint density at radius 3 is 1.43 bits per heavy atom. The molecular weight excluding hydrogens is 749 g/mol. The van der Waals surface area contributed by atoms with E-state index in [1.54, 1.807) is 0 Å². The van der Waals surface area contributed by atoms with Crippen molar-refractivity contribution in [3.05, 3.63) is 223 Å². The minimum absolute atomic E-state index is 0.263. The predicted molar refractivity (Wildman–Crippen MR) is 245 cm³/mol. The average molecular weight is 788 g/mol. The van der Waals surface area contributed by atoms with Crippen LogP contribution < -0.4 is 35.6 Å². The van der Waals surface area contributed by atoms with Crippen molar-refractivity contribution < 1.29 is 13.8 Å². The van der Waals surface area contributed by atoms with Gasteiger partial charge in [-0.1, -0.05) is 194 Å². The Morgan fingerprint density at radius 2 is 0.897 bits per heavy atom. The van der Waals surface area contributed by atoms with E-state index in [-0.39, 0.29) is 5.91 Å². The van der Waals surface area contributed by atoms with Gasteiger partial charge < -0.3 is 14.4 Å². The number of anilines is 1. The zero-order valence-electron chi connectivity index (χ0n) is 31.8. The number of amides is 1. The maximum absolute atomic E-state index is 14.9. The van der Waals surface area contributed by atoms with Crippen LogP contribution in [0.2, 0.25) is 0 Å². The molecule has 0 heterocycles. The van der Waals surface area contributed by atoms with Gasteiger partial charge in [-0.2, -0.15) is 0 Å². The Labute approximate surface area is 341 Å². The van der Waals surface area contributed by atoms with Crippen molar-refractivity contribution in [1.82, 2.24) is 0 Å². The Hall–Kier alpha value is -6.57. The van der Waals surface area contributed by atoms with Gasteiger partial charge in [0.1, 0.15) is 11.5 Å². The summed E-state index contributed by atoms with van der Waals surface area (Å²) in [6.07, 6.45) is 0. The van der Waals surface area contributed by atoms with Crippen molar-refractivity contribution in [2.24, 2.45) is 0 Å². The van der Waals surface area contributed by atoms with Crippen LogP contribution in [0.4, 0.5) is 5.69 Å². The molecule has 0 radical (unpaired) electrons. The Kier molecular flexibility index (Phi) is 10.8. The number of aryl methyl sites for hydroxylation is 1. The van der Waals surface area contributed by atoms with Gasteiger partial charge in [0.15, 0.2) is 16.3 Å². The molecule has 1 N–H and O–H groups in total. The molecule has 58 heavy (non-hydrogen) atoms. The van der Waals surface area contributed by atoms with Crippen LogP contribution in [0.25, 0.3) is 32.7 Å². The summed E-state index contributed by atoms with van der Waals surface area (Å²) in [5.74, 6) is 0.930. The Balaban J connectivity index is 1.34. The molecule has 0 aliphatic carbocycles. The number of carbonyl (C=O) groups excluding carboxylic acids is 1. The van der Waals surface area contributed by atoms with Crippen LogP contribution in [0.3, 0.4) is 0 Å². The van der Waals surface area contributed by atoms with E-state index in [1.807, 2.05) is 97.9 Å². The van der Waals surface area contributed by atoms with Crippen LogP contribution in [-0.4, -0.2) is 5.91 Å². The third-order valence-electron chi connectivity index (χ3n) is 10.0. The maximum atomic E-state index is 14.9. The zero-order valence-corrected chi connectivity index (χ0v) is 33.6. The second-order valence-corrected chi connectivity index (χ2v) is 17.6. The van der Waals surface area contributed by atoms with Crippen molar-refractivity contribution in [1.29, 1.82) is 0 Å². The van der Waals surface area contributed by atoms with Gasteiger partial charge in [0.25, 0.3) is 5.91 Å². The van der Waals surface area contributed by atoms with Gasteiger partial charge in [-0.15, -0.1) is 0 Å². The number of rotatable bonds is 11. The molecule has 0 spiro atoms. The van der Waals surface area contributed by atoms with E-state index in [2.05, 4.69) is 127 Å². The fourth-order valence-electron chi connectivity index (χ4n) is 7.21. The quantitative estimate of drug-likeness (QED) is 0.133. The molecule has 0 fully saturated rings. The smallest absolute Gasteiger partial charge is 0.259 e. The second-order valence-electron chi connectivity index (χ2n) is 13.9. The molecule has 0 saturated heterocycles. The Bertz CT molecular complexity index is 2760. The fourth-order valence-corrected chi connectivity index (χ4v) is 10.7. The van der Waals surface area contributed by atoms with E-state index in [1.165, 1.54) is 0 Å². The molecule has 0 bridgehead atoms. The molecule has 6 heteroatoms. The van der Waals surface area contributed by atoms with Crippen LogP contribution in [-0.2, 0) is 0 Å². The highest BCUT2D eigenvalue weighted by Crippen LogP contribution is 2.53. The van der Waals surface area contributed by atoms with E-state index in [0.29, 0.717) is 22.7 Å². The lowest BCUT2D eigenvalue weighted by molar-refractivity contribution is 0.102. The number of fused-ring (bicyclic) bond motifs is 2. The highest BCUT2D eigenvalue weighted by molar-refractivity contribution is 7.69. The van der Waals surface area contributed by atoms with E-state index < -0.39 is 16.3 Å². The number of benzene rings is 9. The first-order valence-corrected chi connectivity index (χ1v) is 21.7. The summed E-state index contributed by atoms with van der Waals surface area (Å²) in [5, 5.41) is 11.3. The molecule has 0 atom stereocenters. The highest BCUT2D eigenvalue weighted by atomic mass is 31.1. The molecule has 1 amide bonds. The van der Waals surface area contributed by atoms with Gasteiger partial charge in [0, 0.05) is 38.0 Å². The van der Waals surface area contributed by atoms with Gasteiger partial charge in [-0.25, -0.2) is 0 Å². The SMILES string of the molecule is Cc1ccc(NC(=O)c2cc3ccccc3c(-c3c(OP(c4ccccc4)c4ccccc4)ccc4ccccc34)c2OP(c2ccccc2)c2ccccc2)cc1. The van der Waals surface area contributed by atoms with E-state index in [4.69, 9.17) is 9.05 Å². The second kappa shape index (κ2) is 16.9. The van der Waals surface area contributed by atoms with Crippen molar-refractivity contribution in [3.63, 3.8) is 0 Å². The fraction of sp³-hybridized carbons (Fsp3) is 0.0192. The minimum atomic E-state index is -1.45. The molecule has 0 aliphatic rings. The van der Waals surface area contributed by atoms with Crippen molar-refractivity contribution in [3.8, 4) is 22.6 Å². The number of hydrogen-bond donors (Lipinski definition) is 1. The summed E-state index contributed by atoms with van der Waals surface area (Å²) in [6, 6.07) is 72.1. The van der Waals surface area contributed by atoms with Gasteiger partial charge in [0.2, 0.25) is 0 Å². The molecule has 9 aromatic carbocycles. The van der Waals surface area contributed by atoms with Gasteiger partial charge in [0.05, 0.1) is 5.56 Å². The van der Waals surface area contributed by atoms with Crippen LogP contribution in [0.5, 0.6) is 11.5 Å². The normalized spacial score (nSPS) is 11.2.